The van der Waals surface area contributed by atoms with Crippen LogP contribution in [0.15, 0.2) is 0 Å². The molecule has 0 saturated carbocycles. The molecule has 12 heavy (non-hydrogen) atoms. The second kappa shape index (κ2) is 17.2. The maximum Gasteiger partial charge on any atom is 0 e. The third kappa shape index (κ3) is 22.5. The minimum Gasteiger partial charge on any atom is -0.320 e. The molecular weight excluding hydrogens is 146 g/mol. The summed E-state index contributed by atoms with van der Waals surface area (Å²) < 4.78 is 0. The first-order valence-corrected chi connectivity index (χ1v) is 5.47. The van der Waals surface area contributed by atoms with E-state index in [1.165, 1.54) is 45.1 Å². The van der Waals surface area contributed by atoms with Gasteiger partial charge in [0.2, 0.25) is 0 Å². The second-order valence-electron chi connectivity index (χ2n) is 3.22. The first kappa shape index (κ1) is 14.5. The first-order chi connectivity index (χ1) is 5.83. The van der Waals surface area contributed by atoms with Gasteiger partial charge in [0.1, 0.15) is 0 Å². The maximum absolute atomic E-state index is 3.14. The minimum absolute atomic E-state index is 0. The van der Waals surface area contributed by atoms with Crippen molar-refractivity contribution in [3.63, 3.8) is 0 Å². The Morgan fingerprint density at radius 3 is 1.83 bits per heavy atom. The lowest BCUT2D eigenvalue weighted by Crippen LogP contribution is -2.06. The second-order valence-corrected chi connectivity index (χ2v) is 3.22. The van der Waals surface area contributed by atoms with Gasteiger partial charge in [0.15, 0.2) is 0 Å². The Morgan fingerprint density at radius 1 is 0.917 bits per heavy atom. The average molecular weight is 175 g/mol. The van der Waals surface area contributed by atoms with Crippen LogP contribution in [0.2, 0.25) is 0 Å². The normalized spacial score (nSPS) is 9.00. The third-order valence-corrected chi connectivity index (χ3v) is 1.53. The van der Waals surface area contributed by atoms with Gasteiger partial charge < -0.3 is 5.32 Å². The van der Waals surface area contributed by atoms with E-state index >= 15 is 0 Å². The summed E-state index contributed by atoms with van der Waals surface area (Å²) in [6.45, 7) is 7.68. The fourth-order valence-electron chi connectivity index (χ4n) is 0.905. The number of hydrogen-bond donors (Lipinski definition) is 1. The molecule has 0 aliphatic heterocycles. The summed E-state index contributed by atoms with van der Waals surface area (Å²) in [4.78, 5) is 0. The quantitative estimate of drug-likeness (QED) is 0.605. The van der Waals surface area contributed by atoms with Gasteiger partial charge in [-0.05, 0) is 20.0 Å². The number of rotatable bonds is 6. The Bertz CT molecular complexity index is 52.1. The van der Waals surface area contributed by atoms with Crippen LogP contribution >= 0.6 is 0 Å². The molecule has 1 N–H and O–H groups in total. The molecule has 0 atom stereocenters. The lowest BCUT2D eigenvalue weighted by molar-refractivity contribution is 0.610. The summed E-state index contributed by atoms with van der Waals surface area (Å²) in [5.74, 6) is 0. The topological polar surface area (TPSA) is 12.0 Å². The Labute approximate surface area is 80.4 Å². The Hall–Kier alpha value is -0.0400. The van der Waals surface area contributed by atoms with Crippen LogP contribution in [0.25, 0.3) is 0 Å². The van der Waals surface area contributed by atoms with Crippen molar-refractivity contribution >= 4 is 0 Å². The van der Waals surface area contributed by atoms with Gasteiger partial charge in [-0.15, -0.1) is 0 Å². The van der Waals surface area contributed by atoms with E-state index in [1.54, 1.807) is 0 Å². The van der Waals surface area contributed by atoms with Gasteiger partial charge in [-0.2, -0.15) is 0 Å². The SMILES string of the molecule is CCC.CCCCCCCNC.[HH]. The van der Waals surface area contributed by atoms with Crippen molar-refractivity contribution in [2.24, 2.45) is 0 Å². The fraction of sp³-hybridized carbons (Fsp3) is 1.00. The summed E-state index contributed by atoms with van der Waals surface area (Å²) in [6.07, 6.45) is 8.16. The van der Waals surface area contributed by atoms with Gasteiger partial charge in [-0.3, -0.25) is 0 Å². The van der Waals surface area contributed by atoms with Crippen molar-refractivity contribution in [1.82, 2.24) is 5.32 Å². The van der Waals surface area contributed by atoms with Crippen LogP contribution in [0, 0.1) is 0 Å². The summed E-state index contributed by atoms with van der Waals surface area (Å²) in [5, 5.41) is 3.14. The molecule has 0 aliphatic carbocycles. The monoisotopic (exact) mass is 175 g/mol. The third-order valence-electron chi connectivity index (χ3n) is 1.53. The van der Waals surface area contributed by atoms with Crippen LogP contribution in [-0.4, -0.2) is 13.6 Å². The van der Waals surface area contributed by atoms with Crippen LogP contribution in [0.4, 0.5) is 0 Å². The van der Waals surface area contributed by atoms with Gasteiger partial charge in [0, 0.05) is 1.43 Å². The van der Waals surface area contributed by atoms with Crippen LogP contribution in [-0.2, 0) is 0 Å². The summed E-state index contributed by atoms with van der Waals surface area (Å²) in [5.41, 5.74) is 0. The number of hydrogen-bond acceptors (Lipinski definition) is 1. The molecule has 0 aliphatic rings. The van der Waals surface area contributed by atoms with Gasteiger partial charge in [-0.25, -0.2) is 0 Å². The molecule has 0 bridgehead atoms. The predicted molar refractivity (Wildman–Crippen MR) is 60.8 cm³/mol. The van der Waals surface area contributed by atoms with Crippen molar-refractivity contribution in [1.29, 1.82) is 0 Å². The highest BCUT2D eigenvalue weighted by atomic mass is 14.8. The van der Waals surface area contributed by atoms with E-state index < -0.39 is 0 Å². The fourth-order valence-corrected chi connectivity index (χ4v) is 0.905. The van der Waals surface area contributed by atoms with Crippen LogP contribution in [0.1, 0.15) is 60.7 Å². The zero-order valence-corrected chi connectivity index (χ0v) is 9.45. The maximum atomic E-state index is 3.14. The molecule has 0 unspecified atom stereocenters. The van der Waals surface area contributed by atoms with Gasteiger partial charge in [0.25, 0.3) is 0 Å². The lowest BCUT2D eigenvalue weighted by atomic mass is 10.1. The first-order valence-electron chi connectivity index (χ1n) is 5.47. The molecule has 0 aromatic rings. The molecule has 0 radical (unpaired) electrons. The largest absolute Gasteiger partial charge is 0.320 e. The van der Waals surface area contributed by atoms with Gasteiger partial charge >= 0.3 is 0 Å². The van der Waals surface area contributed by atoms with E-state index in [-0.39, 0.29) is 1.43 Å². The summed E-state index contributed by atoms with van der Waals surface area (Å²) >= 11 is 0. The Kier molecular flexibility index (Phi) is 20.7. The van der Waals surface area contributed by atoms with Crippen LogP contribution < -0.4 is 5.32 Å². The van der Waals surface area contributed by atoms with E-state index in [9.17, 15) is 0 Å². The molecule has 1 nitrogen and oxygen atoms in total. The highest BCUT2D eigenvalue weighted by Gasteiger charge is 1.85. The van der Waals surface area contributed by atoms with Crippen LogP contribution in [0.3, 0.4) is 0 Å². The lowest BCUT2D eigenvalue weighted by Gasteiger charge is -1.97. The molecule has 0 heterocycles. The molecule has 78 valence electrons. The van der Waals surface area contributed by atoms with Gasteiger partial charge in [-0.1, -0.05) is 52.9 Å². The number of nitrogens with one attached hydrogen (secondary N) is 1. The zero-order chi connectivity index (χ0) is 9.66. The molecule has 1 heteroatoms. The van der Waals surface area contributed by atoms with E-state index in [2.05, 4.69) is 26.1 Å². The highest BCUT2D eigenvalue weighted by molar-refractivity contribution is 4.43. The molecular formula is C11H29N. The van der Waals surface area contributed by atoms with E-state index in [0.717, 1.165) is 0 Å². The standard InChI is InChI=1S/C8H19N.C3H8.H2/c1-3-4-5-6-7-8-9-2;1-3-2;/h9H,3-8H2,1-2H3;3H2,1-2H3;1H. The van der Waals surface area contributed by atoms with Gasteiger partial charge in [0.05, 0.1) is 0 Å². The van der Waals surface area contributed by atoms with Crippen LogP contribution in [0.5, 0.6) is 0 Å². The zero-order valence-electron chi connectivity index (χ0n) is 9.45. The molecule has 0 amide bonds. The van der Waals surface area contributed by atoms with Crippen molar-refractivity contribution in [3.05, 3.63) is 0 Å². The molecule has 0 spiro atoms. The molecule has 0 aromatic heterocycles. The highest BCUT2D eigenvalue weighted by Crippen LogP contribution is 2.00. The number of unbranched alkanes of at least 4 members (excludes halogenated alkanes) is 4. The minimum atomic E-state index is 0. The molecule has 0 fully saturated rings. The smallest absolute Gasteiger partial charge is 0 e. The Balaban J connectivity index is -0.000000220. The van der Waals surface area contributed by atoms with Crippen molar-refractivity contribution in [2.45, 2.75) is 59.3 Å². The Morgan fingerprint density at radius 2 is 1.42 bits per heavy atom. The molecule has 0 saturated heterocycles. The molecule has 0 rings (SSSR count). The van der Waals surface area contributed by atoms with E-state index in [0.29, 0.717) is 0 Å². The van der Waals surface area contributed by atoms with Crippen molar-refractivity contribution < 1.29 is 1.43 Å². The van der Waals surface area contributed by atoms with E-state index in [1.807, 2.05) is 7.05 Å². The van der Waals surface area contributed by atoms with E-state index in [4.69, 9.17) is 0 Å². The summed E-state index contributed by atoms with van der Waals surface area (Å²) in [7, 11) is 2.01. The van der Waals surface area contributed by atoms with Crippen molar-refractivity contribution in [3.8, 4) is 0 Å². The average Bonchev–Trinajstić information content (AvgIpc) is 2.06. The van der Waals surface area contributed by atoms with Crippen molar-refractivity contribution in [2.75, 3.05) is 13.6 Å². The summed E-state index contributed by atoms with van der Waals surface area (Å²) in [6, 6.07) is 0. The molecule has 0 aromatic carbocycles. The predicted octanol–water partition coefficient (Wildman–Crippen LogP) is 3.84.